The number of nitro groups is 1. The topological polar surface area (TPSA) is 116 Å². The molecule has 2 aromatic carbocycles. The number of esters is 1. The van der Waals surface area contributed by atoms with E-state index in [1.165, 1.54) is 37.6 Å². The van der Waals surface area contributed by atoms with Crippen molar-refractivity contribution in [3.8, 4) is 5.69 Å². The minimum atomic E-state index is -0.568. The van der Waals surface area contributed by atoms with Crippen molar-refractivity contribution in [1.82, 2.24) is 9.99 Å². The number of nitrogens with one attached hydrogen (secondary N) is 1. The molecule has 1 amide bonds. The summed E-state index contributed by atoms with van der Waals surface area (Å²) in [6, 6.07) is 14.3. The first-order valence-corrected chi connectivity index (χ1v) is 9.28. The summed E-state index contributed by atoms with van der Waals surface area (Å²) in [7, 11) is 1.33. The first-order valence-electron chi connectivity index (χ1n) is 9.28. The van der Waals surface area contributed by atoms with Gasteiger partial charge in [-0.15, -0.1) is 0 Å². The van der Waals surface area contributed by atoms with Gasteiger partial charge in [-0.1, -0.05) is 18.2 Å². The van der Waals surface area contributed by atoms with Crippen LogP contribution in [0.15, 0.2) is 59.7 Å². The summed E-state index contributed by atoms with van der Waals surface area (Å²) in [6.45, 7) is 3.75. The van der Waals surface area contributed by atoms with Crippen LogP contribution >= 0.6 is 0 Å². The Hall–Kier alpha value is -4.27. The van der Waals surface area contributed by atoms with Gasteiger partial charge in [0.25, 0.3) is 11.6 Å². The molecule has 9 heteroatoms. The van der Waals surface area contributed by atoms with Crippen LogP contribution in [0.1, 0.15) is 37.7 Å². The van der Waals surface area contributed by atoms with Crippen molar-refractivity contribution >= 4 is 23.8 Å². The molecule has 158 valence electrons. The number of nitrogens with zero attached hydrogens (tertiary/aromatic N) is 3. The van der Waals surface area contributed by atoms with E-state index in [0.717, 1.165) is 17.0 Å². The van der Waals surface area contributed by atoms with Gasteiger partial charge < -0.3 is 9.30 Å². The minimum Gasteiger partial charge on any atom is -0.465 e. The zero-order chi connectivity index (χ0) is 22.5. The van der Waals surface area contributed by atoms with Crippen molar-refractivity contribution in [2.75, 3.05) is 7.11 Å². The van der Waals surface area contributed by atoms with Crippen LogP contribution in [0.5, 0.6) is 0 Å². The molecule has 0 aliphatic heterocycles. The number of aryl methyl sites for hydroxylation is 1. The largest absolute Gasteiger partial charge is 0.465 e. The van der Waals surface area contributed by atoms with Crippen molar-refractivity contribution < 1.29 is 19.2 Å². The van der Waals surface area contributed by atoms with Crippen molar-refractivity contribution in [3.63, 3.8) is 0 Å². The van der Waals surface area contributed by atoms with Gasteiger partial charge in [0, 0.05) is 34.6 Å². The molecule has 1 N–H and O–H groups in total. The standard InChI is InChI=1S/C22H20N4O5/c1-14-11-17(13-23-24-21(27)16-7-6-8-18(12-16)26(29)30)15(2)25(14)20-10-5-4-9-19(20)22(28)31-3/h4-13H,1-3H3,(H,24,27)/b23-13-. The number of para-hydroxylation sites is 1. The van der Waals surface area contributed by atoms with Crippen LogP contribution in [0.3, 0.4) is 0 Å². The third kappa shape index (κ3) is 4.50. The Kier molecular flexibility index (Phi) is 6.25. The second-order valence-corrected chi connectivity index (χ2v) is 6.68. The van der Waals surface area contributed by atoms with Crippen LogP contribution in [-0.4, -0.2) is 34.7 Å². The van der Waals surface area contributed by atoms with Crippen molar-refractivity contribution in [2.45, 2.75) is 13.8 Å². The van der Waals surface area contributed by atoms with Crippen LogP contribution in [-0.2, 0) is 4.74 Å². The highest BCUT2D eigenvalue weighted by molar-refractivity contribution is 5.96. The number of ether oxygens (including phenoxy) is 1. The van der Waals surface area contributed by atoms with Gasteiger partial charge in [-0.05, 0) is 38.1 Å². The summed E-state index contributed by atoms with van der Waals surface area (Å²) in [5.41, 5.74) is 5.82. The fourth-order valence-corrected chi connectivity index (χ4v) is 3.23. The molecule has 1 heterocycles. The van der Waals surface area contributed by atoms with E-state index in [2.05, 4.69) is 10.5 Å². The molecule has 0 aliphatic rings. The Morgan fingerprint density at radius 2 is 1.87 bits per heavy atom. The van der Waals surface area contributed by atoms with Gasteiger partial charge in [0.15, 0.2) is 0 Å². The maximum atomic E-state index is 12.2. The molecule has 0 aliphatic carbocycles. The van der Waals surface area contributed by atoms with Crippen molar-refractivity contribution in [3.05, 3.63) is 92.8 Å². The highest BCUT2D eigenvalue weighted by Gasteiger charge is 2.17. The van der Waals surface area contributed by atoms with E-state index in [4.69, 9.17) is 4.74 Å². The second kappa shape index (κ2) is 9.04. The normalized spacial score (nSPS) is 10.8. The summed E-state index contributed by atoms with van der Waals surface area (Å²) in [6.07, 6.45) is 1.48. The molecule has 3 aromatic rings. The fraction of sp³-hybridized carbons (Fsp3) is 0.136. The number of hydrazone groups is 1. The van der Waals surface area contributed by atoms with E-state index >= 15 is 0 Å². The van der Waals surface area contributed by atoms with E-state index in [1.807, 2.05) is 36.6 Å². The highest BCUT2D eigenvalue weighted by Crippen LogP contribution is 2.23. The number of carbonyl (C=O) groups is 2. The average molecular weight is 420 g/mol. The quantitative estimate of drug-likeness (QED) is 0.283. The number of nitro benzene ring substituents is 1. The predicted molar refractivity (Wildman–Crippen MR) is 115 cm³/mol. The molecular weight excluding hydrogens is 400 g/mol. The summed E-state index contributed by atoms with van der Waals surface area (Å²) in [5, 5.41) is 14.8. The third-order valence-electron chi connectivity index (χ3n) is 4.71. The lowest BCUT2D eigenvalue weighted by Gasteiger charge is -2.13. The molecule has 0 atom stereocenters. The molecule has 0 saturated carbocycles. The second-order valence-electron chi connectivity index (χ2n) is 6.68. The SMILES string of the molecule is COC(=O)c1ccccc1-n1c(C)cc(/C=N\NC(=O)c2cccc([N+](=O)[O-])c2)c1C. The number of aromatic nitrogens is 1. The minimum absolute atomic E-state index is 0.129. The lowest BCUT2D eigenvalue weighted by molar-refractivity contribution is -0.384. The van der Waals surface area contributed by atoms with E-state index in [9.17, 15) is 19.7 Å². The summed E-state index contributed by atoms with van der Waals surface area (Å²) >= 11 is 0. The smallest absolute Gasteiger partial charge is 0.339 e. The van der Waals surface area contributed by atoms with Gasteiger partial charge in [0.05, 0.1) is 29.5 Å². The molecule has 0 radical (unpaired) electrons. The molecular formula is C22H20N4O5. The van der Waals surface area contributed by atoms with Gasteiger partial charge >= 0.3 is 5.97 Å². The molecule has 0 fully saturated rings. The molecule has 0 saturated heterocycles. The van der Waals surface area contributed by atoms with Gasteiger partial charge in [-0.3, -0.25) is 14.9 Å². The maximum absolute atomic E-state index is 12.2. The number of amides is 1. The van der Waals surface area contributed by atoms with Crippen molar-refractivity contribution in [2.24, 2.45) is 5.10 Å². The number of hydrogen-bond donors (Lipinski definition) is 1. The molecule has 31 heavy (non-hydrogen) atoms. The zero-order valence-electron chi connectivity index (χ0n) is 17.2. The average Bonchev–Trinajstić information content (AvgIpc) is 3.06. The van der Waals surface area contributed by atoms with Crippen molar-refractivity contribution in [1.29, 1.82) is 0 Å². The van der Waals surface area contributed by atoms with Gasteiger partial charge in [-0.25, -0.2) is 10.2 Å². The van der Waals surface area contributed by atoms with Crippen LogP contribution in [0.25, 0.3) is 5.69 Å². The van der Waals surface area contributed by atoms with E-state index < -0.39 is 16.8 Å². The Morgan fingerprint density at radius 1 is 1.13 bits per heavy atom. The number of carbonyl (C=O) groups excluding carboxylic acids is 2. The van der Waals surface area contributed by atoms with E-state index in [0.29, 0.717) is 11.3 Å². The number of hydrogen-bond acceptors (Lipinski definition) is 6. The third-order valence-corrected chi connectivity index (χ3v) is 4.71. The molecule has 0 unspecified atom stereocenters. The van der Waals surface area contributed by atoms with Crippen LogP contribution in [0.4, 0.5) is 5.69 Å². The van der Waals surface area contributed by atoms with Crippen LogP contribution in [0.2, 0.25) is 0 Å². The van der Waals surface area contributed by atoms with Crippen LogP contribution in [0, 0.1) is 24.0 Å². The predicted octanol–water partition coefficient (Wildman–Crippen LogP) is 3.55. The Bertz CT molecular complexity index is 1200. The molecule has 0 bridgehead atoms. The van der Waals surface area contributed by atoms with Gasteiger partial charge in [0.2, 0.25) is 0 Å². The van der Waals surface area contributed by atoms with Crippen LogP contribution < -0.4 is 5.43 Å². The summed E-state index contributed by atoms with van der Waals surface area (Å²) in [5.74, 6) is -1.01. The highest BCUT2D eigenvalue weighted by atomic mass is 16.6. The number of non-ortho nitro benzene ring substituents is 1. The lowest BCUT2D eigenvalue weighted by Crippen LogP contribution is -2.17. The zero-order valence-corrected chi connectivity index (χ0v) is 17.2. The Morgan fingerprint density at radius 3 is 2.58 bits per heavy atom. The summed E-state index contributed by atoms with van der Waals surface area (Å²) < 4.78 is 6.77. The van der Waals surface area contributed by atoms with E-state index in [1.54, 1.807) is 12.1 Å². The first kappa shape index (κ1) is 21.4. The number of rotatable bonds is 6. The Balaban J connectivity index is 1.84. The monoisotopic (exact) mass is 420 g/mol. The lowest BCUT2D eigenvalue weighted by atomic mass is 10.1. The van der Waals surface area contributed by atoms with E-state index in [-0.39, 0.29) is 11.3 Å². The number of methoxy groups -OCH3 is 1. The van der Waals surface area contributed by atoms with Gasteiger partial charge in [0.1, 0.15) is 0 Å². The van der Waals surface area contributed by atoms with Gasteiger partial charge in [-0.2, -0.15) is 5.10 Å². The Labute approximate surface area is 178 Å². The first-order chi connectivity index (χ1) is 14.8. The fourth-order valence-electron chi connectivity index (χ4n) is 3.23. The molecule has 9 nitrogen and oxygen atoms in total. The molecule has 1 aromatic heterocycles. The molecule has 3 rings (SSSR count). The molecule has 0 spiro atoms. The summed E-state index contributed by atoms with van der Waals surface area (Å²) in [4.78, 5) is 34.7. The number of benzene rings is 2. The maximum Gasteiger partial charge on any atom is 0.339 e.